The third-order valence-corrected chi connectivity index (χ3v) is 4.36. The van der Waals surface area contributed by atoms with E-state index in [1.165, 1.54) is 22.8 Å². The number of piperidine rings is 1. The second-order valence-corrected chi connectivity index (χ2v) is 5.81. The Labute approximate surface area is 121 Å². The van der Waals surface area contributed by atoms with Crippen LogP contribution < -0.4 is 0 Å². The lowest BCUT2D eigenvalue weighted by Gasteiger charge is -2.29. The molecule has 1 aliphatic heterocycles. The molecular weight excluding hydrogens is 246 g/mol. The fraction of sp³-hybridized carbons (Fsp3) is 0.444. The topological polar surface area (TPSA) is 23.5 Å². The molecule has 0 saturated carbocycles. The van der Waals surface area contributed by atoms with E-state index in [0.717, 1.165) is 38.9 Å². The molecule has 1 aliphatic rings. The number of rotatable bonds is 4. The first-order chi connectivity index (χ1) is 9.83. The number of benzene rings is 2. The summed E-state index contributed by atoms with van der Waals surface area (Å²) in [6.45, 7) is 3.25. The first-order valence-electron chi connectivity index (χ1n) is 7.70. The van der Waals surface area contributed by atoms with Crippen LogP contribution in [-0.2, 0) is 6.42 Å². The number of nitrogens with zero attached hydrogens (tertiary/aromatic N) is 1. The number of aliphatic hydroxyl groups is 1. The van der Waals surface area contributed by atoms with Gasteiger partial charge in [0.05, 0.1) is 6.10 Å². The summed E-state index contributed by atoms with van der Waals surface area (Å²) in [7, 11) is 0. The molecule has 0 amide bonds. The highest BCUT2D eigenvalue weighted by Gasteiger charge is 2.16. The number of hydrogen-bond acceptors (Lipinski definition) is 2. The average molecular weight is 269 g/mol. The van der Waals surface area contributed by atoms with E-state index >= 15 is 0 Å². The zero-order valence-electron chi connectivity index (χ0n) is 12.0. The summed E-state index contributed by atoms with van der Waals surface area (Å²) < 4.78 is 0. The first-order valence-corrected chi connectivity index (χ1v) is 7.70. The quantitative estimate of drug-likeness (QED) is 0.921. The fourth-order valence-electron chi connectivity index (χ4n) is 3.15. The van der Waals surface area contributed by atoms with Crippen LogP contribution in [0.5, 0.6) is 0 Å². The van der Waals surface area contributed by atoms with Crippen LogP contribution in [0.1, 0.15) is 24.8 Å². The predicted octanol–water partition coefficient (Wildman–Crippen LogP) is 3.23. The molecule has 0 spiro atoms. The normalized spacial score (nSPS) is 17.6. The minimum atomic E-state index is -0.0654. The lowest BCUT2D eigenvalue weighted by atomic mass is 10.0. The summed E-state index contributed by atoms with van der Waals surface area (Å²) in [6.07, 6.45) is 4.15. The van der Waals surface area contributed by atoms with Crippen molar-refractivity contribution < 1.29 is 5.11 Å². The van der Waals surface area contributed by atoms with Crippen LogP contribution in [0.15, 0.2) is 42.5 Å². The highest BCUT2D eigenvalue weighted by atomic mass is 16.3. The zero-order chi connectivity index (χ0) is 13.8. The van der Waals surface area contributed by atoms with E-state index in [9.17, 15) is 5.11 Å². The van der Waals surface area contributed by atoms with Crippen molar-refractivity contribution in [2.24, 2.45) is 0 Å². The van der Waals surface area contributed by atoms with E-state index in [4.69, 9.17) is 0 Å². The number of aryl methyl sites for hydroxylation is 1. The van der Waals surface area contributed by atoms with Gasteiger partial charge in [-0.1, -0.05) is 42.5 Å². The highest BCUT2D eigenvalue weighted by molar-refractivity contribution is 5.85. The number of likely N-dealkylation sites (tertiary alicyclic amines) is 1. The van der Waals surface area contributed by atoms with E-state index in [0.29, 0.717) is 0 Å². The van der Waals surface area contributed by atoms with Crippen molar-refractivity contribution in [1.29, 1.82) is 0 Å². The number of aliphatic hydroxyl groups excluding tert-OH is 1. The van der Waals surface area contributed by atoms with E-state index in [-0.39, 0.29) is 6.10 Å². The van der Waals surface area contributed by atoms with Crippen LogP contribution in [0.2, 0.25) is 0 Å². The smallest absolute Gasteiger partial charge is 0.0564 e. The minimum absolute atomic E-state index is 0.0654. The summed E-state index contributed by atoms with van der Waals surface area (Å²) >= 11 is 0. The largest absolute Gasteiger partial charge is 0.393 e. The van der Waals surface area contributed by atoms with Crippen LogP contribution in [0, 0.1) is 0 Å². The maximum atomic E-state index is 9.52. The lowest BCUT2D eigenvalue weighted by Crippen LogP contribution is -2.36. The van der Waals surface area contributed by atoms with Crippen molar-refractivity contribution >= 4 is 10.8 Å². The van der Waals surface area contributed by atoms with Crippen LogP contribution in [0.3, 0.4) is 0 Å². The monoisotopic (exact) mass is 269 g/mol. The van der Waals surface area contributed by atoms with Gasteiger partial charge in [0, 0.05) is 13.1 Å². The van der Waals surface area contributed by atoms with Crippen molar-refractivity contribution in [3.05, 3.63) is 48.0 Å². The molecule has 106 valence electrons. The zero-order valence-corrected chi connectivity index (χ0v) is 12.0. The van der Waals surface area contributed by atoms with Gasteiger partial charge in [0.1, 0.15) is 0 Å². The minimum Gasteiger partial charge on any atom is -0.393 e. The summed E-state index contributed by atoms with van der Waals surface area (Å²) in [6, 6.07) is 15.2. The SMILES string of the molecule is OC1CCN(CCCc2cccc3ccccc23)CC1. The summed E-state index contributed by atoms with van der Waals surface area (Å²) in [5, 5.41) is 12.3. The molecule has 3 rings (SSSR count). The van der Waals surface area contributed by atoms with E-state index in [1.807, 2.05) is 0 Å². The summed E-state index contributed by atoms with van der Waals surface area (Å²) in [4.78, 5) is 2.48. The molecule has 2 heteroatoms. The third kappa shape index (κ3) is 3.20. The molecule has 20 heavy (non-hydrogen) atoms. The maximum absolute atomic E-state index is 9.52. The molecule has 1 N–H and O–H groups in total. The molecule has 2 aromatic carbocycles. The van der Waals surface area contributed by atoms with Gasteiger partial charge in [-0.25, -0.2) is 0 Å². The van der Waals surface area contributed by atoms with Crippen LogP contribution in [-0.4, -0.2) is 35.7 Å². The second-order valence-electron chi connectivity index (χ2n) is 5.81. The molecule has 1 heterocycles. The van der Waals surface area contributed by atoms with Crippen molar-refractivity contribution in [3.8, 4) is 0 Å². The maximum Gasteiger partial charge on any atom is 0.0564 e. The van der Waals surface area contributed by atoms with Gasteiger partial charge >= 0.3 is 0 Å². The Hall–Kier alpha value is -1.38. The highest BCUT2D eigenvalue weighted by Crippen LogP contribution is 2.20. The summed E-state index contributed by atoms with van der Waals surface area (Å²) in [5.74, 6) is 0. The van der Waals surface area contributed by atoms with Crippen LogP contribution >= 0.6 is 0 Å². The van der Waals surface area contributed by atoms with Gasteiger partial charge in [-0.3, -0.25) is 0 Å². The van der Waals surface area contributed by atoms with E-state index in [1.54, 1.807) is 0 Å². The molecule has 0 aromatic heterocycles. The van der Waals surface area contributed by atoms with Gasteiger partial charge in [-0.05, 0) is 48.6 Å². The van der Waals surface area contributed by atoms with Gasteiger partial charge in [0.2, 0.25) is 0 Å². The standard InChI is InChI=1S/C18H23NO/c20-17-10-13-19(14-11-17)12-4-8-16-7-3-6-15-5-1-2-9-18(15)16/h1-3,5-7,9,17,20H,4,8,10-14H2. The molecule has 0 unspecified atom stereocenters. The Morgan fingerprint density at radius 3 is 2.60 bits per heavy atom. The molecule has 0 bridgehead atoms. The molecule has 0 aliphatic carbocycles. The van der Waals surface area contributed by atoms with Gasteiger partial charge in [0.25, 0.3) is 0 Å². The Balaban J connectivity index is 1.57. The predicted molar refractivity (Wildman–Crippen MR) is 83.9 cm³/mol. The van der Waals surface area contributed by atoms with Crippen molar-refractivity contribution in [2.75, 3.05) is 19.6 Å². The molecular formula is C18H23NO. The van der Waals surface area contributed by atoms with Gasteiger partial charge in [-0.15, -0.1) is 0 Å². The van der Waals surface area contributed by atoms with Gasteiger partial charge in [-0.2, -0.15) is 0 Å². The van der Waals surface area contributed by atoms with Gasteiger partial charge in [0.15, 0.2) is 0 Å². The van der Waals surface area contributed by atoms with Crippen molar-refractivity contribution in [1.82, 2.24) is 4.90 Å². The van der Waals surface area contributed by atoms with E-state index < -0.39 is 0 Å². The summed E-state index contributed by atoms with van der Waals surface area (Å²) in [5.41, 5.74) is 1.46. The Bertz CT molecular complexity index is 553. The third-order valence-electron chi connectivity index (χ3n) is 4.36. The molecule has 0 atom stereocenters. The van der Waals surface area contributed by atoms with Crippen molar-refractivity contribution in [2.45, 2.75) is 31.8 Å². The average Bonchev–Trinajstić information content (AvgIpc) is 2.49. The Morgan fingerprint density at radius 1 is 1.00 bits per heavy atom. The van der Waals surface area contributed by atoms with E-state index in [2.05, 4.69) is 47.4 Å². The first kappa shape index (κ1) is 13.6. The Kier molecular flexibility index (Phi) is 4.34. The molecule has 0 radical (unpaired) electrons. The number of fused-ring (bicyclic) bond motifs is 1. The van der Waals surface area contributed by atoms with Crippen molar-refractivity contribution in [3.63, 3.8) is 0 Å². The van der Waals surface area contributed by atoms with Crippen LogP contribution in [0.4, 0.5) is 0 Å². The molecule has 2 aromatic rings. The lowest BCUT2D eigenvalue weighted by molar-refractivity contribution is 0.0821. The molecule has 2 nitrogen and oxygen atoms in total. The fourth-order valence-corrected chi connectivity index (χ4v) is 3.15. The molecule has 1 saturated heterocycles. The Morgan fingerprint density at radius 2 is 1.75 bits per heavy atom. The van der Waals surface area contributed by atoms with Gasteiger partial charge < -0.3 is 10.0 Å². The number of hydrogen-bond donors (Lipinski definition) is 1. The van der Waals surface area contributed by atoms with Crippen LogP contribution in [0.25, 0.3) is 10.8 Å². The second kappa shape index (κ2) is 6.38. The molecule has 1 fully saturated rings.